The van der Waals surface area contributed by atoms with Gasteiger partial charge in [0.1, 0.15) is 5.75 Å². The first-order valence-corrected chi connectivity index (χ1v) is 9.63. The quantitative estimate of drug-likeness (QED) is 0.713. The summed E-state index contributed by atoms with van der Waals surface area (Å²) in [6, 6.07) is 16.1. The van der Waals surface area contributed by atoms with E-state index in [4.69, 9.17) is 28.6 Å². The van der Waals surface area contributed by atoms with Gasteiger partial charge in [0.05, 0.1) is 13.2 Å². The molecule has 0 bridgehead atoms. The number of hydrogen-bond donors (Lipinski definition) is 2. The summed E-state index contributed by atoms with van der Waals surface area (Å²) < 4.78 is 5.28. The van der Waals surface area contributed by atoms with Gasteiger partial charge in [0.25, 0.3) is 0 Å². The van der Waals surface area contributed by atoms with Gasteiger partial charge in [-0.15, -0.1) is 0 Å². The van der Waals surface area contributed by atoms with E-state index in [0.717, 1.165) is 31.1 Å². The lowest BCUT2D eigenvalue weighted by atomic mass is 10.1. The molecule has 0 aromatic heterocycles. The van der Waals surface area contributed by atoms with Crippen molar-refractivity contribution in [2.45, 2.75) is 18.9 Å². The maximum Gasteiger partial charge on any atom is 0.170 e. The number of nitrogens with one attached hydrogen (secondary N) is 2. The first-order valence-electron chi connectivity index (χ1n) is 8.84. The molecular weight excluding hydrogens is 366 g/mol. The molecule has 2 N–H and O–H groups in total. The molecule has 6 heteroatoms. The average molecular weight is 390 g/mol. The minimum absolute atomic E-state index is 0.286. The predicted octanol–water partition coefficient (Wildman–Crippen LogP) is 4.47. The fourth-order valence-corrected chi connectivity index (χ4v) is 3.56. The van der Waals surface area contributed by atoms with Crippen LogP contribution >= 0.6 is 23.8 Å². The number of hydrogen-bond acceptors (Lipinski definition) is 3. The molecule has 1 saturated heterocycles. The second-order valence-electron chi connectivity index (χ2n) is 6.37. The molecule has 0 unspecified atom stereocenters. The Hall–Kier alpha value is -1.82. The van der Waals surface area contributed by atoms with Crippen molar-refractivity contribution in [3.63, 3.8) is 0 Å². The third-order valence-corrected chi connectivity index (χ3v) is 5.14. The van der Waals surface area contributed by atoms with Crippen LogP contribution in [0.5, 0.6) is 5.75 Å². The molecule has 0 aliphatic carbocycles. The number of methoxy groups -OCH3 is 1. The Labute approximate surface area is 165 Å². The normalized spacial score (nSPS) is 15.5. The zero-order chi connectivity index (χ0) is 18.4. The van der Waals surface area contributed by atoms with Crippen LogP contribution < -0.4 is 15.4 Å². The van der Waals surface area contributed by atoms with E-state index in [9.17, 15) is 0 Å². The van der Waals surface area contributed by atoms with Crippen LogP contribution in [0.4, 0.5) is 5.69 Å². The van der Waals surface area contributed by atoms with Crippen LogP contribution in [-0.2, 0) is 0 Å². The number of anilines is 1. The fourth-order valence-electron chi connectivity index (χ4n) is 3.23. The maximum atomic E-state index is 5.92. The van der Waals surface area contributed by atoms with Crippen LogP contribution in [0.1, 0.15) is 24.4 Å². The average Bonchev–Trinajstić information content (AvgIpc) is 3.19. The molecule has 1 atom stereocenters. The highest BCUT2D eigenvalue weighted by Crippen LogP contribution is 2.26. The third kappa shape index (κ3) is 5.10. The highest BCUT2D eigenvalue weighted by atomic mass is 35.5. The Bertz CT molecular complexity index is 715. The first kappa shape index (κ1) is 19.0. The zero-order valence-electron chi connectivity index (χ0n) is 14.9. The lowest BCUT2D eigenvalue weighted by molar-refractivity contribution is 0.246. The fraction of sp³-hybridized carbons (Fsp3) is 0.350. The molecule has 0 radical (unpaired) electrons. The van der Waals surface area contributed by atoms with E-state index in [1.54, 1.807) is 7.11 Å². The number of benzene rings is 2. The Balaban J connectivity index is 1.63. The van der Waals surface area contributed by atoms with Gasteiger partial charge >= 0.3 is 0 Å². The summed E-state index contributed by atoms with van der Waals surface area (Å²) in [6.45, 7) is 3.00. The van der Waals surface area contributed by atoms with Gasteiger partial charge in [0, 0.05) is 17.3 Å². The molecule has 0 saturated carbocycles. The van der Waals surface area contributed by atoms with Crippen molar-refractivity contribution in [1.29, 1.82) is 0 Å². The van der Waals surface area contributed by atoms with Crippen molar-refractivity contribution in [1.82, 2.24) is 10.2 Å². The van der Waals surface area contributed by atoms with E-state index in [1.807, 2.05) is 36.4 Å². The van der Waals surface area contributed by atoms with Crippen LogP contribution in [-0.4, -0.2) is 36.8 Å². The highest BCUT2D eigenvalue weighted by Gasteiger charge is 2.23. The van der Waals surface area contributed by atoms with Crippen molar-refractivity contribution in [2.24, 2.45) is 0 Å². The summed E-state index contributed by atoms with van der Waals surface area (Å²) in [7, 11) is 1.69. The highest BCUT2D eigenvalue weighted by molar-refractivity contribution is 7.80. The largest absolute Gasteiger partial charge is 0.497 e. The molecule has 1 aliphatic heterocycles. The van der Waals surface area contributed by atoms with Gasteiger partial charge < -0.3 is 15.4 Å². The standard InChI is InChI=1S/C20H24ClN3OS/c1-25-18-10-4-15(5-11-18)19(24-12-2-3-13-24)14-22-20(26)23-17-8-6-16(21)7-9-17/h4-11,19H,2-3,12-14H2,1H3,(H2,22,23,26)/t19-/m1/s1. The molecule has 4 nitrogen and oxygen atoms in total. The maximum absolute atomic E-state index is 5.92. The zero-order valence-corrected chi connectivity index (χ0v) is 16.4. The second-order valence-corrected chi connectivity index (χ2v) is 7.22. The minimum Gasteiger partial charge on any atom is -0.497 e. The number of likely N-dealkylation sites (tertiary alicyclic amines) is 1. The van der Waals surface area contributed by atoms with Crippen LogP contribution in [0, 0.1) is 0 Å². The SMILES string of the molecule is COc1ccc([C@@H](CNC(=S)Nc2ccc(Cl)cc2)N2CCCC2)cc1. The summed E-state index contributed by atoms with van der Waals surface area (Å²) >= 11 is 11.4. The molecule has 0 amide bonds. The molecule has 2 aromatic carbocycles. The van der Waals surface area contributed by atoms with E-state index in [2.05, 4.69) is 27.7 Å². The number of rotatable bonds is 6. The molecule has 1 heterocycles. The van der Waals surface area contributed by atoms with Gasteiger partial charge in [-0.2, -0.15) is 0 Å². The Kier molecular flexibility index (Phi) is 6.72. The summed E-state index contributed by atoms with van der Waals surface area (Å²) in [4.78, 5) is 2.51. The summed E-state index contributed by atoms with van der Waals surface area (Å²) in [5.41, 5.74) is 2.20. The van der Waals surface area contributed by atoms with E-state index < -0.39 is 0 Å². The molecular formula is C20H24ClN3OS. The first-order chi connectivity index (χ1) is 12.7. The van der Waals surface area contributed by atoms with Crippen LogP contribution in [0.15, 0.2) is 48.5 Å². The van der Waals surface area contributed by atoms with Gasteiger partial charge in [-0.25, -0.2) is 0 Å². The van der Waals surface area contributed by atoms with Crippen molar-refractivity contribution >= 4 is 34.6 Å². The topological polar surface area (TPSA) is 36.5 Å². The lowest BCUT2D eigenvalue weighted by Gasteiger charge is -2.29. The third-order valence-electron chi connectivity index (χ3n) is 4.64. The smallest absolute Gasteiger partial charge is 0.170 e. The van der Waals surface area contributed by atoms with Gasteiger partial charge in [-0.05, 0) is 80.1 Å². The van der Waals surface area contributed by atoms with E-state index in [-0.39, 0.29) is 6.04 Å². The summed E-state index contributed by atoms with van der Waals surface area (Å²) in [5, 5.41) is 7.90. The minimum atomic E-state index is 0.286. The van der Waals surface area contributed by atoms with E-state index in [1.165, 1.54) is 18.4 Å². The van der Waals surface area contributed by atoms with Gasteiger partial charge in [0.2, 0.25) is 0 Å². The van der Waals surface area contributed by atoms with Gasteiger partial charge in [-0.3, -0.25) is 4.90 Å². The van der Waals surface area contributed by atoms with Gasteiger partial charge in [0.15, 0.2) is 5.11 Å². The number of halogens is 1. The number of thiocarbonyl (C=S) groups is 1. The Morgan fingerprint density at radius 1 is 1.12 bits per heavy atom. The molecule has 1 aliphatic rings. The van der Waals surface area contributed by atoms with Crippen molar-refractivity contribution in [2.75, 3.05) is 32.1 Å². The molecule has 3 rings (SSSR count). The van der Waals surface area contributed by atoms with Crippen LogP contribution in [0.25, 0.3) is 0 Å². The number of ether oxygens (including phenoxy) is 1. The Morgan fingerprint density at radius 3 is 2.38 bits per heavy atom. The van der Waals surface area contributed by atoms with Crippen molar-refractivity contribution in [3.05, 3.63) is 59.1 Å². The van der Waals surface area contributed by atoms with Crippen LogP contribution in [0.2, 0.25) is 5.02 Å². The Morgan fingerprint density at radius 2 is 1.77 bits per heavy atom. The van der Waals surface area contributed by atoms with Gasteiger partial charge in [-0.1, -0.05) is 23.7 Å². The monoisotopic (exact) mass is 389 g/mol. The molecule has 138 valence electrons. The molecule has 2 aromatic rings. The summed E-state index contributed by atoms with van der Waals surface area (Å²) in [5.74, 6) is 0.877. The second kappa shape index (κ2) is 9.21. The van der Waals surface area contributed by atoms with E-state index in [0.29, 0.717) is 10.1 Å². The lowest BCUT2D eigenvalue weighted by Crippen LogP contribution is -2.38. The molecule has 0 spiro atoms. The van der Waals surface area contributed by atoms with E-state index >= 15 is 0 Å². The molecule has 1 fully saturated rings. The molecule has 26 heavy (non-hydrogen) atoms. The summed E-state index contributed by atoms with van der Waals surface area (Å²) in [6.07, 6.45) is 2.50. The predicted molar refractivity (Wildman–Crippen MR) is 112 cm³/mol. The van der Waals surface area contributed by atoms with Crippen molar-refractivity contribution in [3.8, 4) is 5.75 Å². The van der Waals surface area contributed by atoms with Crippen molar-refractivity contribution < 1.29 is 4.74 Å². The number of nitrogens with zero attached hydrogens (tertiary/aromatic N) is 1. The van der Waals surface area contributed by atoms with Crippen LogP contribution in [0.3, 0.4) is 0 Å².